The van der Waals surface area contributed by atoms with Crippen LogP contribution in [0.3, 0.4) is 0 Å². The second-order valence-electron chi connectivity index (χ2n) is 11.4. The van der Waals surface area contributed by atoms with Crippen molar-refractivity contribution in [3.05, 3.63) is 17.5 Å². The minimum atomic E-state index is -0.577. The number of hydrogen-bond acceptors (Lipinski definition) is 5. The molecule has 1 aromatic rings. The molecular weight excluding hydrogens is 392 g/mol. The summed E-state index contributed by atoms with van der Waals surface area (Å²) in [4.78, 5) is 24.1. The number of hydrogen-bond donors (Lipinski definition) is 2. The molecule has 0 saturated heterocycles. The lowest BCUT2D eigenvalue weighted by Crippen LogP contribution is -2.60. The molecule has 7 heteroatoms. The maximum atomic E-state index is 12.2. The summed E-state index contributed by atoms with van der Waals surface area (Å²) in [6, 6.07) is 1.74. The van der Waals surface area contributed by atoms with Crippen LogP contribution in [0.5, 0.6) is 0 Å². The summed E-state index contributed by atoms with van der Waals surface area (Å²) >= 11 is 0. The molecule has 4 aliphatic rings. The van der Waals surface area contributed by atoms with Crippen LogP contribution in [-0.4, -0.2) is 37.3 Å². The van der Waals surface area contributed by atoms with E-state index in [-0.39, 0.29) is 22.4 Å². The third-order valence-electron chi connectivity index (χ3n) is 7.89. The van der Waals surface area contributed by atoms with Gasteiger partial charge in [0.25, 0.3) is 5.91 Å². The monoisotopic (exact) mass is 430 g/mol. The van der Waals surface area contributed by atoms with Crippen LogP contribution in [0.4, 0.5) is 0 Å². The van der Waals surface area contributed by atoms with Crippen molar-refractivity contribution in [2.75, 3.05) is 0 Å². The number of Topliss-reactive ketones (excluding diaryl/α,β-unsaturated/α-hetero) is 1. The number of aromatic nitrogens is 2. The summed E-state index contributed by atoms with van der Waals surface area (Å²) in [6.07, 6.45) is 7.69. The summed E-state index contributed by atoms with van der Waals surface area (Å²) in [5.74, 6) is 1.63. The number of nitrogens with zero attached hydrogens (tertiary/aromatic N) is 3. The third-order valence-corrected chi connectivity index (χ3v) is 7.89. The Balaban J connectivity index is 1.73. The minimum absolute atomic E-state index is 0.170. The molecule has 4 aliphatic carbocycles. The first-order valence-electron chi connectivity index (χ1n) is 11.9. The zero-order chi connectivity index (χ0) is 22.6. The first kappa shape index (κ1) is 22.5. The average Bonchev–Trinajstić information content (AvgIpc) is 3.13. The van der Waals surface area contributed by atoms with E-state index < -0.39 is 12.1 Å². The Labute approximate surface area is 185 Å². The van der Waals surface area contributed by atoms with Crippen molar-refractivity contribution >= 4 is 11.7 Å². The molecule has 0 spiro atoms. The molecule has 0 radical (unpaired) electrons. The largest absolute Gasteiger partial charge is 0.364 e. The van der Waals surface area contributed by atoms with Gasteiger partial charge in [0, 0.05) is 29.5 Å². The van der Waals surface area contributed by atoms with Gasteiger partial charge in [0.15, 0.2) is 0 Å². The molecule has 5 rings (SSSR count). The van der Waals surface area contributed by atoms with Crippen molar-refractivity contribution in [2.24, 2.45) is 23.5 Å². The number of amides is 1. The van der Waals surface area contributed by atoms with Gasteiger partial charge in [-0.25, -0.2) is 4.68 Å². The highest BCUT2D eigenvalue weighted by molar-refractivity contribution is 5.90. The molecule has 4 bridgehead atoms. The Morgan fingerprint density at radius 1 is 1.23 bits per heavy atom. The van der Waals surface area contributed by atoms with Gasteiger partial charge in [0.1, 0.15) is 17.6 Å². The molecule has 0 aromatic carbocycles. The third kappa shape index (κ3) is 4.19. The minimum Gasteiger partial charge on any atom is -0.364 e. The van der Waals surface area contributed by atoms with Crippen LogP contribution in [0.15, 0.2) is 6.07 Å². The van der Waals surface area contributed by atoms with Crippen molar-refractivity contribution in [1.82, 2.24) is 14.8 Å². The highest BCUT2D eigenvalue weighted by Gasteiger charge is 2.55. The topological polar surface area (TPSA) is 101 Å². The van der Waals surface area contributed by atoms with Crippen LogP contribution in [0.1, 0.15) is 108 Å². The Morgan fingerprint density at radius 2 is 1.77 bits per heavy atom. The lowest BCUT2D eigenvalue weighted by Gasteiger charge is -2.60. The van der Waals surface area contributed by atoms with Gasteiger partial charge < -0.3 is 10.9 Å². The maximum absolute atomic E-state index is 12.2. The zero-order valence-corrected chi connectivity index (χ0v) is 19.4. The Bertz CT molecular complexity index is 818. The fourth-order valence-electron chi connectivity index (χ4n) is 6.78. The molecule has 1 amide bonds. The van der Waals surface area contributed by atoms with Crippen LogP contribution >= 0.6 is 0 Å². The number of primary amides is 1. The van der Waals surface area contributed by atoms with Crippen LogP contribution in [0.25, 0.3) is 0 Å². The molecular formula is C24H38N4O3. The van der Waals surface area contributed by atoms with Crippen molar-refractivity contribution in [3.63, 3.8) is 0 Å². The van der Waals surface area contributed by atoms with Crippen molar-refractivity contribution in [1.29, 1.82) is 0 Å². The number of rotatable bonds is 8. The van der Waals surface area contributed by atoms with E-state index in [1.807, 2.05) is 6.92 Å². The number of carbonyl (C=O) groups is 2. The highest BCUT2D eigenvalue weighted by atomic mass is 16.5. The first-order valence-corrected chi connectivity index (χ1v) is 11.9. The van der Waals surface area contributed by atoms with E-state index in [4.69, 9.17) is 5.73 Å². The van der Waals surface area contributed by atoms with E-state index in [1.54, 1.807) is 15.8 Å². The van der Waals surface area contributed by atoms with Gasteiger partial charge >= 0.3 is 0 Å². The summed E-state index contributed by atoms with van der Waals surface area (Å²) in [5.41, 5.74) is 6.05. The van der Waals surface area contributed by atoms with Crippen molar-refractivity contribution < 1.29 is 14.8 Å². The van der Waals surface area contributed by atoms with E-state index in [0.29, 0.717) is 37.0 Å². The molecule has 4 fully saturated rings. The number of nitrogens with two attached hydrogens (primary N) is 1. The molecule has 1 heterocycles. The molecule has 1 aromatic heterocycles. The van der Waals surface area contributed by atoms with Crippen LogP contribution in [-0.2, 0) is 10.2 Å². The second-order valence-corrected chi connectivity index (χ2v) is 11.4. The van der Waals surface area contributed by atoms with Crippen molar-refractivity contribution in [3.8, 4) is 0 Å². The van der Waals surface area contributed by atoms with E-state index in [2.05, 4.69) is 25.9 Å². The Kier molecular flexibility index (Phi) is 5.80. The highest BCUT2D eigenvalue weighted by Crippen LogP contribution is 2.58. The van der Waals surface area contributed by atoms with Crippen LogP contribution in [0.2, 0.25) is 0 Å². The summed E-state index contributed by atoms with van der Waals surface area (Å²) in [7, 11) is 0. The second kappa shape index (κ2) is 8.00. The summed E-state index contributed by atoms with van der Waals surface area (Å²) in [5, 5.41) is 17.9. The Morgan fingerprint density at radius 3 is 2.23 bits per heavy atom. The first-order chi connectivity index (χ1) is 14.5. The van der Waals surface area contributed by atoms with Gasteiger partial charge in [-0.15, -0.1) is 0 Å². The van der Waals surface area contributed by atoms with Gasteiger partial charge in [-0.3, -0.25) is 9.59 Å². The Hall–Kier alpha value is -1.73. The standard InChI is InChI=1S/C24H38N4O3/c1-5-18(29)6-7-21(27-20(23(2,3)4)11-19(26-27)22(25)30)28(31)24-12-15-8-16(13-24)10-17(9-15)14-24/h11,15-17,21,31H,5-10,12-14H2,1-4H3,(H2,25,30). The zero-order valence-electron chi connectivity index (χ0n) is 19.4. The van der Waals surface area contributed by atoms with Crippen LogP contribution in [0, 0.1) is 17.8 Å². The number of carbonyl (C=O) groups excluding carboxylic acids is 2. The summed E-state index contributed by atoms with van der Waals surface area (Å²) < 4.78 is 1.78. The predicted molar refractivity (Wildman–Crippen MR) is 118 cm³/mol. The predicted octanol–water partition coefficient (Wildman–Crippen LogP) is 4.20. The van der Waals surface area contributed by atoms with E-state index in [9.17, 15) is 14.8 Å². The smallest absolute Gasteiger partial charge is 0.269 e. The average molecular weight is 431 g/mol. The molecule has 1 atom stereocenters. The lowest BCUT2D eigenvalue weighted by atomic mass is 9.53. The molecule has 7 nitrogen and oxygen atoms in total. The molecule has 1 unspecified atom stereocenters. The quantitative estimate of drug-likeness (QED) is 0.602. The fraction of sp³-hybridized carbons (Fsp3) is 0.792. The molecule has 0 aliphatic heterocycles. The molecule has 31 heavy (non-hydrogen) atoms. The van der Waals surface area contributed by atoms with Crippen LogP contribution < -0.4 is 5.73 Å². The summed E-state index contributed by atoms with van der Waals surface area (Å²) in [6.45, 7) is 8.05. The normalized spacial score (nSPS) is 30.7. The molecule has 4 saturated carbocycles. The molecule has 3 N–H and O–H groups in total. The van der Waals surface area contributed by atoms with E-state index in [0.717, 1.165) is 25.0 Å². The van der Waals surface area contributed by atoms with Gasteiger partial charge in [0.2, 0.25) is 0 Å². The maximum Gasteiger partial charge on any atom is 0.269 e. The number of hydroxylamine groups is 2. The van der Waals surface area contributed by atoms with Gasteiger partial charge in [-0.2, -0.15) is 10.2 Å². The lowest BCUT2D eigenvalue weighted by molar-refractivity contribution is -0.269. The van der Waals surface area contributed by atoms with Gasteiger partial charge in [-0.1, -0.05) is 27.7 Å². The van der Waals surface area contributed by atoms with E-state index >= 15 is 0 Å². The van der Waals surface area contributed by atoms with Gasteiger partial charge in [0.05, 0.1) is 0 Å². The van der Waals surface area contributed by atoms with Crippen molar-refractivity contribution in [2.45, 2.75) is 103 Å². The molecule has 172 valence electrons. The SMILES string of the molecule is CCC(=O)CCC(N(O)C12CC3CC(CC(C3)C1)C2)n1nc(C(N)=O)cc1C(C)(C)C. The number of ketones is 1. The fourth-order valence-corrected chi connectivity index (χ4v) is 6.78. The van der Waals surface area contributed by atoms with Gasteiger partial charge in [-0.05, 0) is 68.8 Å². The van der Waals surface area contributed by atoms with E-state index in [1.165, 1.54) is 19.3 Å².